The van der Waals surface area contributed by atoms with Gasteiger partial charge in [-0.2, -0.15) is 0 Å². The van der Waals surface area contributed by atoms with E-state index in [4.69, 9.17) is 14.6 Å². The predicted molar refractivity (Wildman–Crippen MR) is 72.8 cm³/mol. The first-order valence-electron chi connectivity index (χ1n) is 6.06. The van der Waals surface area contributed by atoms with Crippen molar-refractivity contribution in [2.24, 2.45) is 12.8 Å². The second-order valence-electron chi connectivity index (χ2n) is 4.56. The van der Waals surface area contributed by atoms with Gasteiger partial charge in [-0.05, 0) is 23.8 Å². The van der Waals surface area contributed by atoms with E-state index in [1.807, 2.05) is 0 Å². The third kappa shape index (κ3) is 2.11. The highest BCUT2D eigenvalue weighted by Gasteiger charge is 2.19. The lowest BCUT2D eigenvalue weighted by atomic mass is 10.1. The van der Waals surface area contributed by atoms with E-state index in [2.05, 4.69) is 0 Å². The van der Waals surface area contributed by atoms with Gasteiger partial charge in [0.05, 0.1) is 17.6 Å². The van der Waals surface area contributed by atoms with Crippen molar-refractivity contribution < 1.29 is 13.8 Å². The second kappa shape index (κ2) is 4.60. The Morgan fingerprint density at radius 1 is 1.29 bits per heavy atom. The molecule has 2 N–H and O–H groups in total. The van der Waals surface area contributed by atoms with Gasteiger partial charge in [0.2, 0.25) is 0 Å². The van der Waals surface area contributed by atoms with Gasteiger partial charge in [-0.25, -0.2) is 4.79 Å². The molecule has 0 fully saturated rings. The van der Waals surface area contributed by atoms with Crippen LogP contribution in [0.3, 0.4) is 0 Å². The summed E-state index contributed by atoms with van der Waals surface area (Å²) in [5.74, 6) is -0.573. The van der Waals surface area contributed by atoms with E-state index in [0.29, 0.717) is 16.7 Å². The van der Waals surface area contributed by atoms with Crippen LogP contribution in [-0.4, -0.2) is 9.49 Å². The summed E-state index contributed by atoms with van der Waals surface area (Å²) >= 11 is 0. The number of aryl methyl sites for hydroxylation is 1. The zero-order chi connectivity index (χ0) is 15.1. The molecule has 0 spiro atoms. The maximum Gasteiger partial charge on any atom is 0.433 e. The molecule has 0 radical (unpaired) electrons. The summed E-state index contributed by atoms with van der Waals surface area (Å²) in [7, 11) is 1.60. The van der Waals surface area contributed by atoms with E-state index >= 15 is 0 Å². The smallest absolute Gasteiger partial charge is 0.408 e. The Balaban J connectivity index is 2.02. The van der Waals surface area contributed by atoms with Crippen LogP contribution < -0.4 is 11.5 Å². The van der Waals surface area contributed by atoms with Crippen LogP contribution in [0.25, 0.3) is 11.1 Å². The molecule has 0 aliphatic heterocycles. The first kappa shape index (κ1) is 13.1. The lowest BCUT2D eigenvalue weighted by Gasteiger charge is -2.08. The van der Waals surface area contributed by atoms with Gasteiger partial charge < -0.3 is 14.6 Å². The van der Waals surface area contributed by atoms with Gasteiger partial charge >= 0.3 is 11.6 Å². The summed E-state index contributed by atoms with van der Waals surface area (Å²) in [6.45, 7) is 0. The number of hydrogen-bond acceptors (Lipinski definition) is 6. The van der Waals surface area contributed by atoms with Crippen molar-refractivity contribution in [1.29, 1.82) is 0 Å². The predicted octanol–water partition coefficient (Wildman–Crippen LogP) is 1.68. The summed E-state index contributed by atoms with van der Waals surface area (Å²) in [6, 6.07) is 7.05. The van der Waals surface area contributed by atoms with Crippen molar-refractivity contribution in [2.75, 3.05) is 0 Å². The number of hydrogen-bond donors (Lipinski definition) is 1. The highest BCUT2D eigenvalue weighted by atomic mass is 16.6. The third-order valence-electron chi connectivity index (χ3n) is 3.27. The molecule has 8 heteroatoms. The van der Waals surface area contributed by atoms with Crippen molar-refractivity contribution in [2.45, 2.75) is 6.04 Å². The topological polar surface area (TPSA) is 117 Å². The quantitative estimate of drug-likeness (QED) is 0.579. The van der Waals surface area contributed by atoms with Crippen molar-refractivity contribution >= 4 is 17.0 Å². The minimum Gasteiger partial charge on any atom is -0.408 e. The van der Waals surface area contributed by atoms with Gasteiger partial charge in [0, 0.05) is 7.05 Å². The molecule has 21 heavy (non-hydrogen) atoms. The molecule has 2 heterocycles. The molecule has 8 nitrogen and oxygen atoms in total. The van der Waals surface area contributed by atoms with E-state index < -0.39 is 16.7 Å². The number of oxazole rings is 1. The minimum atomic E-state index is -0.686. The molecule has 1 unspecified atom stereocenters. The molecule has 3 aromatic rings. The fourth-order valence-electron chi connectivity index (χ4n) is 2.12. The van der Waals surface area contributed by atoms with Crippen LogP contribution in [0.2, 0.25) is 0 Å². The fourth-order valence-corrected chi connectivity index (χ4v) is 2.12. The molecule has 0 amide bonds. The Bertz CT molecular complexity index is 889. The molecule has 0 saturated carbocycles. The largest absolute Gasteiger partial charge is 0.433 e. The molecule has 0 aliphatic rings. The molecule has 3 rings (SSSR count). The zero-order valence-corrected chi connectivity index (χ0v) is 11.0. The molecule has 0 bridgehead atoms. The van der Waals surface area contributed by atoms with Gasteiger partial charge in [-0.1, -0.05) is 6.07 Å². The second-order valence-corrected chi connectivity index (χ2v) is 4.56. The van der Waals surface area contributed by atoms with Crippen LogP contribution in [0.5, 0.6) is 0 Å². The van der Waals surface area contributed by atoms with Gasteiger partial charge in [-0.3, -0.25) is 14.7 Å². The Kier molecular flexibility index (Phi) is 2.88. The van der Waals surface area contributed by atoms with E-state index in [1.165, 1.54) is 16.7 Å². The summed E-state index contributed by atoms with van der Waals surface area (Å²) in [5, 5.41) is 10.6. The van der Waals surface area contributed by atoms with Crippen LogP contribution in [0.4, 0.5) is 5.88 Å². The average molecular weight is 289 g/mol. The Labute approximate surface area is 117 Å². The highest BCUT2D eigenvalue weighted by molar-refractivity contribution is 5.74. The number of furan rings is 1. The number of benzene rings is 1. The van der Waals surface area contributed by atoms with E-state index in [-0.39, 0.29) is 11.6 Å². The van der Waals surface area contributed by atoms with Crippen LogP contribution in [0.1, 0.15) is 17.4 Å². The van der Waals surface area contributed by atoms with Crippen LogP contribution >= 0.6 is 0 Å². The van der Waals surface area contributed by atoms with Crippen LogP contribution in [-0.2, 0) is 7.05 Å². The molecule has 108 valence electrons. The molecule has 0 aliphatic carbocycles. The molecule has 0 saturated heterocycles. The normalized spacial score (nSPS) is 12.7. The molecule has 2 aromatic heterocycles. The summed E-state index contributed by atoms with van der Waals surface area (Å²) in [5.41, 5.74) is 7.69. The SMILES string of the molecule is Cn1c(=O)oc2cc(C(N)c3ccc([N+](=O)[O-])o3)ccc21. The first-order valence-corrected chi connectivity index (χ1v) is 6.06. The van der Waals surface area contributed by atoms with E-state index in [9.17, 15) is 14.9 Å². The molecule has 1 atom stereocenters. The lowest BCUT2D eigenvalue weighted by molar-refractivity contribution is -0.402. The van der Waals surface area contributed by atoms with Crippen LogP contribution in [0, 0.1) is 10.1 Å². The molecule has 1 aromatic carbocycles. The number of nitrogens with zero attached hydrogens (tertiary/aromatic N) is 2. The molecular formula is C13H11N3O5. The standard InChI is InChI=1S/C13H11N3O5/c1-15-8-3-2-7(6-10(8)21-13(15)17)12(14)9-4-5-11(20-9)16(18)19/h2-6,12H,14H2,1H3. The van der Waals surface area contributed by atoms with Crippen LogP contribution in [0.15, 0.2) is 44.0 Å². The van der Waals surface area contributed by atoms with Gasteiger partial charge in [0.1, 0.15) is 10.7 Å². The summed E-state index contributed by atoms with van der Waals surface area (Å²) in [4.78, 5) is 21.4. The molecular weight excluding hydrogens is 278 g/mol. The van der Waals surface area contributed by atoms with Crippen molar-refractivity contribution in [3.05, 3.63) is 62.3 Å². The third-order valence-corrected chi connectivity index (χ3v) is 3.27. The van der Waals surface area contributed by atoms with E-state index in [0.717, 1.165) is 0 Å². The first-order chi connectivity index (χ1) is 9.97. The number of aromatic nitrogens is 1. The fraction of sp³-hybridized carbons (Fsp3) is 0.154. The Morgan fingerprint density at radius 3 is 2.71 bits per heavy atom. The average Bonchev–Trinajstić information content (AvgIpc) is 3.04. The Morgan fingerprint density at radius 2 is 2.05 bits per heavy atom. The number of nitro groups is 1. The number of fused-ring (bicyclic) bond motifs is 1. The lowest BCUT2D eigenvalue weighted by Crippen LogP contribution is -2.11. The van der Waals surface area contributed by atoms with Gasteiger partial charge in [0.15, 0.2) is 5.58 Å². The van der Waals surface area contributed by atoms with Crippen molar-refractivity contribution in [3.8, 4) is 0 Å². The van der Waals surface area contributed by atoms with E-state index in [1.54, 1.807) is 25.2 Å². The van der Waals surface area contributed by atoms with Gasteiger partial charge in [-0.15, -0.1) is 0 Å². The maximum absolute atomic E-state index is 11.4. The van der Waals surface area contributed by atoms with Gasteiger partial charge in [0.25, 0.3) is 0 Å². The van der Waals surface area contributed by atoms with Crippen molar-refractivity contribution in [3.63, 3.8) is 0 Å². The van der Waals surface area contributed by atoms with Crippen molar-refractivity contribution in [1.82, 2.24) is 4.57 Å². The Hall–Kier alpha value is -2.87. The maximum atomic E-state index is 11.4. The highest BCUT2D eigenvalue weighted by Crippen LogP contribution is 2.26. The summed E-state index contributed by atoms with van der Waals surface area (Å²) < 4.78 is 11.5. The summed E-state index contributed by atoms with van der Waals surface area (Å²) in [6.07, 6.45) is 0. The minimum absolute atomic E-state index is 0.263. The monoisotopic (exact) mass is 289 g/mol. The zero-order valence-electron chi connectivity index (χ0n) is 11.0. The number of rotatable bonds is 3. The number of nitrogens with two attached hydrogens (primary N) is 1.